The Morgan fingerprint density at radius 2 is 1.79 bits per heavy atom. The van der Waals surface area contributed by atoms with E-state index in [4.69, 9.17) is 0 Å². The average molecular weight is 260 g/mol. The molecule has 1 saturated carbocycles. The molecule has 1 aromatic rings. The summed E-state index contributed by atoms with van der Waals surface area (Å²) in [6.07, 6.45) is 5.36. The molecule has 0 heterocycles. The van der Waals surface area contributed by atoms with Crippen LogP contribution < -0.4 is 0 Å². The lowest BCUT2D eigenvalue weighted by molar-refractivity contribution is 0.211. The lowest BCUT2D eigenvalue weighted by Gasteiger charge is -2.39. The minimum atomic E-state index is -0.399. The van der Waals surface area contributed by atoms with Crippen LogP contribution in [0.4, 0.5) is 0 Å². The van der Waals surface area contributed by atoms with Crippen molar-refractivity contribution in [3.8, 4) is 0 Å². The number of likely N-dealkylation sites (N-methyl/N-ethyl adjacent to an activating group) is 1. The molecule has 19 heavy (non-hydrogen) atoms. The van der Waals surface area contributed by atoms with Crippen LogP contribution in [0.25, 0.3) is 0 Å². The van der Waals surface area contributed by atoms with Crippen molar-refractivity contribution < 1.29 is 0 Å². The molecule has 1 aliphatic carbocycles. The normalized spacial score (nSPS) is 20.2. The highest BCUT2D eigenvalue weighted by molar-refractivity contribution is 5.25. The van der Waals surface area contributed by atoms with Gasteiger partial charge < -0.3 is 4.90 Å². The maximum Gasteiger partial charge on any atom is 0.111 e. The lowest BCUT2D eigenvalue weighted by Crippen LogP contribution is -2.41. The maximum absolute atomic E-state index is 11.6. The maximum atomic E-state index is 11.6. The van der Waals surface area contributed by atoms with Gasteiger partial charge in [0.1, 0.15) is 5.54 Å². The van der Waals surface area contributed by atoms with Crippen molar-refractivity contribution in [2.75, 3.05) is 20.6 Å². The van der Waals surface area contributed by atoms with E-state index in [2.05, 4.69) is 48.4 Å². The van der Waals surface area contributed by atoms with Crippen LogP contribution in [0, 0.1) is 4.91 Å². The standard InChI is InChI=1S/C16H24N2O/c1-18(2)13-15(14-9-5-3-6-10-14)16(17-19)11-7-4-8-12-16/h3,5-6,9-10,15H,4,7-8,11-13H2,1-2H3. The summed E-state index contributed by atoms with van der Waals surface area (Å²) in [6.45, 7) is 0.885. The second-order valence-corrected chi connectivity index (χ2v) is 5.98. The zero-order valence-corrected chi connectivity index (χ0v) is 12.0. The van der Waals surface area contributed by atoms with Gasteiger partial charge in [-0.05, 0) is 32.5 Å². The minimum absolute atomic E-state index is 0.210. The number of nitrogens with zero attached hydrogens (tertiary/aromatic N) is 2. The summed E-state index contributed by atoms with van der Waals surface area (Å²) in [4.78, 5) is 13.8. The Hall–Kier alpha value is -1.22. The molecule has 3 nitrogen and oxygen atoms in total. The SMILES string of the molecule is CN(C)CC(c1ccccc1)C1(N=O)CCCCC1. The van der Waals surface area contributed by atoms with Gasteiger partial charge in [0, 0.05) is 12.5 Å². The molecular formula is C16H24N2O. The molecule has 1 aromatic carbocycles. The van der Waals surface area contributed by atoms with E-state index in [9.17, 15) is 4.91 Å². The average Bonchev–Trinajstić information content (AvgIpc) is 2.46. The summed E-state index contributed by atoms with van der Waals surface area (Å²) in [5.41, 5.74) is 0.849. The Balaban J connectivity index is 2.33. The fraction of sp³-hybridized carbons (Fsp3) is 0.625. The summed E-state index contributed by atoms with van der Waals surface area (Å²) >= 11 is 0. The molecule has 2 rings (SSSR count). The molecular weight excluding hydrogens is 236 g/mol. The molecule has 0 radical (unpaired) electrons. The van der Waals surface area contributed by atoms with Gasteiger partial charge in [0.2, 0.25) is 0 Å². The first-order chi connectivity index (χ1) is 9.18. The molecule has 0 amide bonds. The molecule has 3 heteroatoms. The Bertz CT molecular complexity index is 396. The fourth-order valence-corrected chi connectivity index (χ4v) is 3.30. The van der Waals surface area contributed by atoms with E-state index in [1.165, 1.54) is 12.0 Å². The Labute approximate surface area is 116 Å². The highest BCUT2D eigenvalue weighted by atomic mass is 16.3. The Morgan fingerprint density at radius 3 is 2.32 bits per heavy atom. The van der Waals surface area contributed by atoms with E-state index < -0.39 is 5.54 Å². The summed E-state index contributed by atoms with van der Waals surface area (Å²) in [6, 6.07) is 10.4. The van der Waals surface area contributed by atoms with Gasteiger partial charge in [-0.1, -0.05) is 54.8 Å². The highest BCUT2D eigenvalue weighted by Crippen LogP contribution is 2.43. The van der Waals surface area contributed by atoms with Crippen LogP contribution in [0.5, 0.6) is 0 Å². The molecule has 1 fully saturated rings. The number of benzene rings is 1. The van der Waals surface area contributed by atoms with Gasteiger partial charge >= 0.3 is 0 Å². The highest BCUT2D eigenvalue weighted by Gasteiger charge is 2.42. The predicted octanol–water partition coefficient (Wildman–Crippen LogP) is 3.80. The van der Waals surface area contributed by atoms with Crippen molar-refractivity contribution in [2.24, 2.45) is 5.18 Å². The molecule has 0 saturated heterocycles. The number of hydrogen-bond acceptors (Lipinski definition) is 3. The lowest BCUT2D eigenvalue weighted by atomic mass is 9.70. The van der Waals surface area contributed by atoms with Gasteiger partial charge in [0.05, 0.1) is 0 Å². The monoisotopic (exact) mass is 260 g/mol. The number of rotatable bonds is 5. The largest absolute Gasteiger partial charge is 0.309 e. The summed E-state index contributed by atoms with van der Waals surface area (Å²) in [7, 11) is 4.13. The Morgan fingerprint density at radius 1 is 1.16 bits per heavy atom. The van der Waals surface area contributed by atoms with Crippen molar-refractivity contribution in [3.05, 3.63) is 40.8 Å². The first kappa shape index (κ1) is 14.2. The smallest absolute Gasteiger partial charge is 0.111 e. The van der Waals surface area contributed by atoms with E-state index in [0.29, 0.717) is 0 Å². The molecule has 0 spiro atoms. The molecule has 1 unspecified atom stereocenters. The van der Waals surface area contributed by atoms with E-state index in [-0.39, 0.29) is 5.92 Å². The van der Waals surface area contributed by atoms with Crippen LogP contribution in [-0.2, 0) is 0 Å². The summed E-state index contributed by atoms with van der Waals surface area (Å²) in [5.74, 6) is 0.210. The Kier molecular flexibility index (Phi) is 4.70. The number of hydrogen-bond donors (Lipinski definition) is 0. The quantitative estimate of drug-likeness (QED) is 0.754. The van der Waals surface area contributed by atoms with E-state index >= 15 is 0 Å². The predicted molar refractivity (Wildman–Crippen MR) is 79.3 cm³/mol. The first-order valence-corrected chi connectivity index (χ1v) is 7.22. The minimum Gasteiger partial charge on any atom is -0.309 e. The van der Waals surface area contributed by atoms with E-state index in [1.54, 1.807) is 0 Å². The molecule has 0 N–H and O–H groups in total. The zero-order chi connectivity index (χ0) is 13.7. The van der Waals surface area contributed by atoms with E-state index in [0.717, 1.165) is 32.2 Å². The molecule has 1 atom stereocenters. The topological polar surface area (TPSA) is 32.7 Å². The van der Waals surface area contributed by atoms with Gasteiger partial charge in [-0.2, -0.15) is 4.91 Å². The summed E-state index contributed by atoms with van der Waals surface area (Å²) in [5, 5.41) is 3.63. The van der Waals surface area contributed by atoms with E-state index in [1.807, 2.05) is 6.07 Å². The number of nitroso groups, excluding NO2 is 1. The van der Waals surface area contributed by atoms with Crippen LogP contribution in [0.15, 0.2) is 35.5 Å². The van der Waals surface area contributed by atoms with Gasteiger partial charge in [0.25, 0.3) is 0 Å². The van der Waals surface area contributed by atoms with Crippen molar-refractivity contribution in [1.82, 2.24) is 4.90 Å². The van der Waals surface area contributed by atoms with Crippen molar-refractivity contribution >= 4 is 0 Å². The van der Waals surface area contributed by atoms with Crippen molar-refractivity contribution in [3.63, 3.8) is 0 Å². The van der Waals surface area contributed by atoms with Gasteiger partial charge in [-0.15, -0.1) is 0 Å². The van der Waals surface area contributed by atoms with Crippen LogP contribution in [0.2, 0.25) is 0 Å². The van der Waals surface area contributed by atoms with Gasteiger partial charge in [-0.3, -0.25) is 0 Å². The molecule has 0 aliphatic heterocycles. The van der Waals surface area contributed by atoms with Gasteiger partial charge in [0.15, 0.2) is 0 Å². The third-order valence-electron chi connectivity index (χ3n) is 4.30. The second-order valence-electron chi connectivity index (χ2n) is 5.98. The second kappa shape index (κ2) is 6.29. The molecule has 1 aliphatic rings. The fourth-order valence-electron chi connectivity index (χ4n) is 3.30. The molecule has 0 aromatic heterocycles. The summed E-state index contributed by atoms with van der Waals surface area (Å²) < 4.78 is 0. The van der Waals surface area contributed by atoms with Crippen molar-refractivity contribution in [1.29, 1.82) is 0 Å². The van der Waals surface area contributed by atoms with Crippen LogP contribution in [0.3, 0.4) is 0 Å². The van der Waals surface area contributed by atoms with Crippen LogP contribution in [0.1, 0.15) is 43.6 Å². The molecule has 104 valence electrons. The third kappa shape index (κ3) is 3.21. The molecule has 0 bridgehead atoms. The third-order valence-corrected chi connectivity index (χ3v) is 4.30. The van der Waals surface area contributed by atoms with Crippen LogP contribution in [-0.4, -0.2) is 31.1 Å². The van der Waals surface area contributed by atoms with Gasteiger partial charge in [-0.25, -0.2) is 0 Å². The first-order valence-electron chi connectivity index (χ1n) is 7.22. The van der Waals surface area contributed by atoms with Crippen LogP contribution >= 0.6 is 0 Å². The zero-order valence-electron chi connectivity index (χ0n) is 12.0. The van der Waals surface area contributed by atoms with Crippen molar-refractivity contribution in [2.45, 2.75) is 43.6 Å².